The van der Waals surface area contributed by atoms with Gasteiger partial charge in [-0.15, -0.1) is 0 Å². The second-order valence-electron chi connectivity index (χ2n) is 7.39. The van der Waals surface area contributed by atoms with Gasteiger partial charge in [-0.2, -0.15) is 0 Å². The Hall–Kier alpha value is -2.04. The second-order valence-corrected chi connectivity index (χ2v) is 9.53. The molecule has 168 valence electrons. The van der Waals surface area contributed by atoms with E-state index in [0.29, 0.717) is 19.3 Å². The Morgan fingerprint density at radius 1 is 1.23 bits per heavy atom. The molecule has 1 aliphatic heterocycles. The largest absolute Gasteiger partial charge is 0.394 e. The van der Waals surface area contributed by atoms with Crippen LogP contribution in [-0.4, -0.2) is 55.8 Å². The summed E-state index contributed by atoms with van der Waals surface area (Å²) < 4.78 is 33.3. The van der Waals surface area contributed by atoms with E-state index in [9.17, 15) is 18.3 Å². The fourth-order valence-electron chi connectivity index (χ4n) is 3.55. The van der Waals surface area contributed by atoms with Crippen LogP contribution in [0.4, 0.5) is 0 Å². The van der Waals surface area contributed by atoms with Crippen LogP contribution in [0.5, 0.6) is 0 Å². The van der Waals surface area contributed by atoms with Gasteiger partial charge in [-0.1, -0.05) is 29.8 Å². The lowest BCUT2D eigenvalue weighted by Crippen LogP contribution is -2.51. The van der Waals surface area contributed by atoms with Crippen LogP contribution in [0.15, 0.2) is 53.7 Å². The first-order valence-corrected chi connectivity index (χ1v) is 11.9. The molecule has 3 atom stereocenters. The highest BCUT2D eigenvalue weighted by atomic mass is 35.5. The lowest BCUT2D eigenvalue weighted by Gasteiger charge is -2.36. The average molecular weight is 468 g/mol. The normalized spacial score (nSPS) is 21.5. The van der Waals surface area contributed by atoms with Gasteiger partial charge in [0.15, 0.2) is 0 Å². The molecule has 1 fully saturated rings. The highest BCUT2D eigenvalue weighted by Gasteiger charge is 2.32. The van der Waals surface area contributed by atoms with Crippen molar-refractivity contribution in [2.24, 2.45) is 0 Å². The molecule has 1 aliphatic rings. The Morgan fingerprint density at radius 2 is 2.03 bits per heavy atom. The number of carbonyl (C=O) groups excluding carboxylic acids is 1. The molecular weight excluding hydrogens is 442 g/mol. The van der Waals surface area contributed by atoms with Crippen molar-refractivity contribution in [2.45, 2.75) is 48.8 Å². The first kappa shape index (κ1) is 23.6. The molecule has 3 N–H and O–H groups in total. The van der Waals surface area contributed by atoms with Crippen molar-refractivity contribution in [3.05, 3.63) is 59.4 Å². The average Bonchev–Trinajstić information content (AvgIpc) is 2.75. The zero-order valence-corrected chi connectivity index (χ0v) is 18.5. The van der Waals surface area contributed by atoms with E-state index in [4.69, 9.17) is 16.3 Å². The molecule has 1 aromatic heterocycles. The Kier molecular flexibility index (Phi) is 8.39. The van der Waals surface area contributed by atoms with Crippen LogP contribution in [0, 0.1) is 0 Å². The van der Waals surface area contributed by atoms with Crippen LogP contribution in [-0.2, 0) is 26.0 Å². The number of sulfonamides is 1. The third kappa shape index (κ3) is 6.72. The number of pyridine rings is 1. The number of rotatable bonds is 9. The van der Waals surface area contributed by atoms with E-state index in [1.54, 1.807) is 30.6 Å². The van der Waals surface area contributed by atoms with Crippen molar-refractivity contribution < 1.29 is 23.1 Å². The Balaban J connectivity index is 1.47. The lowest BCUT2D eigenvalue weighted by molar-refractivity contribution is -0.127. The van der Waals surface area contributed by atoms with Crippen LogP contribution in [0.25, 0.3) is 0 Å². The molecule has 1 saturated heterocycles. The van der Waals surface area contributed by atoms with Crippen molar-refractivity contribution in [3.8, 4) is 0 Å². The molecule has 0 radical (unpaired) electrons. The van der Waals surface area contributed by atoms with E-state index in [1.165, 1.54) is 12.1 Å². The van der Waals surface area contributed by atoms with Crippen molar-refractivity contribution in [1.29, 1.82) is 0 Å². The number of nitrogens with zero attached hydrogens (tertiary/aromatic N) is 1. The second kappa shape index (κ2) is 11.0. The number of benzene rings is 1. The van der Waals surface area contributed by atoms with Gasteiger partial charge in [0.1, 0.15) is 11.0 Å². The van der Waals surface area contributed by atoms with E-state index in [0.717, 1.165) is 5.56 Å². The number of aromatic nitrogens is 1. The summed E-state index contributed by atoms with van der Waals surface area (Å²) in [5, 5.41) is 12.8. The van der Waals surface area contributed by atoms with E-state index in [1.807, 2.05) is 6.07 Å². The fourth-order valence-corrected chi connectivity index (χ4v) is 5.11. The van der Waals surface area contributed by atoms with Gasteiger partial charge >= 0.3 is 0 Å². The number of aliphatic hydroxyl groups excluding tert-OH is 1. The number of halogens is 1. The summed E-state index contributed by atoms with van der Waals surface area (Å²) in [7, 11) is -3.72. The van der Waals surface area contributed by atoms with Crippen molar-refractivity contribution in [2.75, 3.05) is 13.2 Å². The van der Waals surface area contributed by atoms with Gasteiger partial charge < -0.3 is 15.2 Å². The third-order valence-electron chi connectivity index (χ3n) is 5.11. The highest BCUT2D eigenvalue weighted by molar-refractivity contribution is 7.89. The number of ether oxygens (including phenoxy) is 1. The first-order chi connectivity index (χ1) is 14.9. The van der Waals surface area contributed by atoms with Crippen LogP contribution < -0.4 is 10.0 Å². The van der Waals surface area contributed by atoms with Crippen molar-refractivity contribution in [3.63, 3.8) is 0 Å². The molecule has 1 aromatic carbocycles. The number of nitrogens with one attached hydrogen (secondary N) is 2. The summed E-state index contributed by atoms with van der Waals surface area (Å²) in [5.41, 5.74) is 0.806. The van der Waals surface area contributed by atoms with Gasteiger partial charge in [-0.25, -0.2) is 13.1 Å². The topological polar surface area (TPSA) is 118 Å². The van der Waals surface area contributed by atoms with Crippen LogP contribution in [0.1, 0.15) is 24.8 Å². The van der Waals surface area contributed by atoms with Gasteiger partial charge in [0.05, 0.1) is 30.2 Å². The van der Waals surface area contributed by atoms with E-state index >= 15 is 0 Å². The minimum atomic E-state index is -3.72. The highest BCUT2D eigenvalue weighted by Crippen LogP contribution is 2.23. The SMILES string of the molecule is O=C(Cc1cccnc1)N[C@@H]1CC[C@H](CCNS(=O)(=O)c2ccccc2Cl)O[C@H]1CO. The molecule has 0 unspecified atom stereocenters. The Morgan fingerprint density at radius 3 is 2.74 bits per heavy atom. The fraction of sp³-hybridized carbons (Fsp3) is 0.429. The van der Waals surface area contributed by atoms with Crippen molar-refractivity contribution >= 4 is 27.5 Å². The first-order valence-electron chi connectivity index (χ1n) is 10.1. The standard InChI is InChI=1S/C21H26ClN3O5S/c22-17-5-1-2-6-20(17)31(28,29)24-11-9-16-7-8-18(19(14-26)30-16)25-21(27)12-15-4-3-10-23-13-15/h1-6,10,13,16,18-19,24,26H,7-9,11-12,14H2,(H,25,27)/t16-,18-,19+/m1/s1. The molecule has 8 nitrogen and oxygen atoms in total. The molecule has 2 heterocycles. The summed E-state index contributed by atoms with van der Waals surface area (Å²) in [6.45, 7) is -0.0614. The zero-order chi connectivity index (χ0) is 22.3. The summed E-state index contributed by atoms with van der Waals surface area (Å²) >= 11 is 5.97. The maximum atomic E-state index is 12.4. The van der Waals surface area contributed by atoms with Gasteiger partial charge in [0.25, 0.3) is 0 Å². The zero-order valence-electron chi connectivity index (χ0n) is 16.9. The Bertz CT molecular complexity index is 974. The minimum Gasteiger partial charge on any atom is -0.394 e. The van der Waals surface area contributed by atoms with Crippen LogP contribution in [0.3, 0.4) is 0 Å². The number of amides is 1. The summed E-state index contributed by atoms with van der Waals surface area (Å²) in [6, 6.07) is 9.54. The summed E-state index contributed by atoms with van der Waals surface area (Å²) in [5.74, 6) is -0.161. The van der Waals surface area contributed by atoms with Gasteiger partial charge in [-0.05, 0) is 43.0 Å². The molecule has 31 heavy (non-hydrogen) atoms. The number of aliphatic hydroxyl groups is 1. The lowest BCUT2D eigenvalue weighted by atomic mass is 9.97. The quantitative estimate of drug-likeness (QED) is 0.516. The minimum absolute atomic E-state index is 0.0332. The van der Waals surface area contributed by atoms with Crippen LogP contribution >= 0.6 is 11.6 Å². The van der Waals surface area contributed by atoms with Crippen LogP contribution in [0.2, 0.25) is 5.02 Å². The smallest absolute Gasteiger partial charge is 0.242 e. The maximum Gasteiger partial charge on any atom is 0.242 e. The molecular formula is C21H26ClN3O5S. The predicted molar refractivity (Wildman–Crippen MR) is 116 cm³/mol. The number of carbonyl (C=O) groups is 1. The van der Waals surface area contributed by atoms with E-state index < -0.39 is 16.1 Å². The van der Waals surface area contributed by atoms with Gasteiger partial charge in [-0.3, -0.25) is 9.78 Å². The van der Waals surface area contributed by atoms with Crippen molar-refractivity contribution in [1.82, 2.24) is 15.0 Å². The monoisotopic (exact) mass is 467 g/mol. The molecule has 0 spiro atoms. The predicted octanol–water partition coefficient (Wildman–Crippen LogP) is 1.67. The third-order valence-corrected chi connectivity index (χ3v) is 7.07. The number of hydrogen-bond acceptors (Lipinski definition) is 6. The van der Waals surface area contributed by atoms with E-state index in [-0.39, 0.29) is 47.5 Å². The van der Waals surface area contributed by atoms with E-state index in [2.05, 4.69) is 15.0 Å². The maximum absolute atomic E-state index is 12.4. The molecule has 2 aromatic rings. The molecule has 3 rings (SSSR count). The van der Waals surface area contributed by atoms with Gasteiger partial charge in [0.2, 0.25) is 15.9 Å². The molecule has 0 saturated carbocycles. The number of hydrogen-bond donors (Lipinski definition) is 3. The summed E-state index contributed by atoms with van der Waals surface area (Å²) in [4.78, 5) is 16.3. The Labute approximate surface area is 187 Å². The molecule has 0 aliphatic carbocycles. The summed E-state index contributed by atoms with van der Waals surface area (Å²) in [6.07, 6.45) is 4.43. The van der Waals surface area contributed by atoms with Gasteiger partial charge in [0, 0.05) is 18.9 Å². The molecule has 10 heteroatoms. The molecule has 0 bridgehead atoms. The molecule has 1 amide bonds.